The number of carbonyl (C=O) groups is 1. The van der Waals surface area contributed by atoms with Crippen molar-refractivity contribution >= 4 is 52.2 Å². The average molecular weight is 416 g/mol. The van der Waals surface area contributed by atoms with Gasteiger partial charge in [-0.2, -0.15) is 0 Å². The number of hydrogen-bond donors (Lipinski definition) is 1. The molecule has 146 valence electrons. The lowest BCUT2D eigenvalue weighted by atomic mass is 9.92. The Bertz CT molecular complexity index is 968. The smallest absolute Gasteiger partial charge is 0.175 e. The SMILES string of the molecule is Cl.O=C(c1cccs1)C1CCN(c2nc3cnccc3nc2NC2CC2)CC1. The Balaban J connectivity index is 0.00000192. The fraction of sp³-hybridized carbons (Fsp3) is 0.400. The molecular weight excluding hydrogens is 394 g/mol. The summed E-state index contributed by atoms with van der Waals surface area (Å²) in [6, 6.07) is 6.28. The molecule has 1 aliphatic carbocycles. The van der Waals surface area contributed by atoms with E-state index in [1.165, 1.54) is 24.2 Å². The van der Waals surface area contributed by atoms with Crippen molar-refractivity contribution < 1.29 is 4.79 Å². The summed E-state index contributed by atoms with van der Waals surface area (Å²) in [5.41, 5.74) is 1.67. The van der Waals surface area contributed by atoms with Gasteiger partial charge in [-0.1, -0.05) is 6.07 Å². The van der Waals surface area contributed by atoms with Crippen LogP contribution in [0.2, 0.25) is 0 Å². The van der Waals surface area contributed by atoms with Crippen LogP contribution in [-0.4, -0.2) is 39.9 Å². The third-order valence-corrected chi connectivity index (χ3v) is 6.18. The monoisotopic (exact) mass is 415 g/mol. The lowest BCUT2D eigenvalue weighted by Crippen LogP contribution is -2.37. The van der Waals surface area contributed by atoms with Gasteiger partial charge in [0.25, 0.3) is 0 Å². The van der Waals surface area contributed by atoms with E-state index in [0.717, 1.165) is 53.5 Å². The minimum Gasteiger partial charge on any atom is -0.364 e. The van der Waals surface area contributed by atoms with E-state index in [2.05, 4.69) is 15.2 Å². The third kappa shape index (κ3) is 3.82. The van der Waals surface area contributed by atoms with Crippen molar-refractivity contribution in [3.05, 3.63) is 40.8 Å². The summed E-state index contributed by atoms with van der Waals surface area (Å²) in [7, 11) is 0. The van der Waals surface area contributed by atoms with Gasteiger partial charge in [0.15, 0.2) is 17.4 Å². The molecule has 6 nitrogen and oxygen atoms in total. The van der Waals surface area contributed by atoms with E-state index in [1.54, 1.807) is 12.4 Å². The van der Waals surface area contributed by atoms with E-state index in [4.69, 9.17) is 9.97 Å². The van der Waals surface area contributed by atoms with Crippen LogP contribution in [0.1, 0.15) is 35.4 Å². The zero-order valence-electron chi connectivity index (χ0n) is 15.4. The van der Waals surface area contributed by atoms with Crippen LogP contribution in [0.5, 0.6) is 0 Å². The number of ketones is 1. The normalized spacial score (nSPS) is 17.4. The second-order valence-electron chi connectivity index (χ2n) is 7.28. The lowest BCUT2D eigenvalue weighted by molar-refractivity contribution is 0.0904. The summed E-state index contributed by atoms with van der Waals surface area (Å²) in [4.78, 5) is 29.6. The summed E-state index contributed by atoms with van der Waals surface area (Å²) in [5.74, 6) is 2.15. The third-order valence-electron chi connectivity index (χ3n) is 5.30. The van der Waals surface area contributed by atoms with Gasteiger partial charge in [-0.05, 0) is 43.2 Å². The maximum absolute atomic E-state index is 12.6. The number of fused-ring (bicyclic) bond motifs is 1. The minimum atomic E-state index is 0. The Morgan fingerprint density at radius 2 is 1.93 bits per heavy atom. The van der Waals surface area contributed by atoms with Gasteiger partial charge >= 0.3 is 0 Å². The van der Waals surface area contributed by atoms with Gasteiger partial charge in [0.05, 0.1) is 16.6 Å². The summed E-state index contributed by atoms with van der Waals surface area (Å²) < 4.78 is 0. The van der Waals surface area contributed by atoms with Gasteiger partial charge in [0.1, 0.15) is 5.52 Å². The number of pyridine rings is 1. The van der Waals surface area contributed by atoms with Crippen LogP contribution >= 0.6 is 23.7 Å². The Morgan fingerprint density at radius 1 is 1.11 bits per heavy atom. The highest BCUT2D eigenvalue weighted by Crippen LogP contribution is 2.33. The number of thiophene rings is 1. The standard InChI is InChI=1S/C20H21N5OS.ClH/c26-18(17-2-1-11-27-17)13-6-9-25(10-7-13)20-19(22-14-3-4-14)23-15-5-8-21-12-16(15)24-20;/h1-2,5,8,11-14H,3-4,6-7,9-10H2,(H,22,23);1H. The van der Waals surface area contributed by atoms with Crippen LogP contribution in [0, 0.1) is 5.92 Å². The molecule has 2 fully saturated rings. The quantitative estimate of drug-likeness (QED) is 0.630. The Hall–Kier alpha value is -2.25. The molecule has 5 rings (SSSR count). The fourth-order valence-electron chi connectivity index (χ4n) is 3.61. The maximum Gasteiger partial charge on any atom is 0.175 e. The molecule has 1 N–H and O–H groups in total. The van der Waals surface area contributed by atoms with E-state index in [-0.39, 0.29) is 24.1 Å². The van der Waals surface area contributed by atoms with Crippen molar-refractivity contribution in [1.29, 1.82) is 0 Å². The van der Waals surface area contributed by atoms with Crippen molar-refractivity contribution in [1.82, 2.24) is 15.0 Å². The van der Waals surface area contributed by atoms with Gasteiger partial charge in [-0.25, -0.2) is 9.97 Å². The summed E-state index contributed by atoms with van der Waals surface area (Å²) in [6.45, 7) is 1.64. The molecule has 0 spiro atoms. The number of halogens is 1. The first-order chi connectivity index (χ1) is 13.3. The topological polar surface area (TPSA) is 71.0 Å². The van der Waals surface area contributed by atoms with Gasteiger partial charge in [0, 0.05) is 31.2 Å². The molecule has 4 heterocycles. The summed E-state index contributed by atoms with van der Waals surface area (Å²) in [5, 5.41) is 5.50. The first-order valence-electron chi connectivity index (χ1n) is 9.49. The number of carbonyl (C=O) groups excluding carboxylic acids is 1. The van der Waals surface area contributed by atoms with E-state index < -0.39 is 0 Å². The predicted molar refractivity (Wildman–Crippen MR) is 115 cm³/mol. The van der Waals surface area contributed by atoms with Gasteiger partial charge in [0.2, 0.25) is 0 Å². The zero-order valence-corrected chi connectivity index (χ0v) is 17.0. The molecule has 0 radical (unpaired) electrons. The Labute approximate surface area is 173 Å². The average Bonchev–Trinajstić information content (AvgIpc) is 3.36. The number of anilines is 2. The molecule has 0 atom stereocenters. The molecule has 1 saturated carbocycles. The van der Waals surface area contributed by atoms with Crippen LogP contribution in [0.15, 0.2) is 36.0 Å². The van der Waals surface area contributed by atoms with Crippen molar-refractivity contribution in [2.24, 2.45) is 5.92 Å². The number of hydrogen-bond acceptors (Lipinski definition) is 7. The molecule has 0 bridgehead atoms. The van der Waals surface area contributed by atoms with Crippen LogP contribution < -0.4 is 10.2 Å². The van der Waals surface area contributed by atoms with Crippen LogP contribution in [0.3, 0.4) is 0 Å². The van der Waals surface area contributed by atoms with E-state index in [1.807, 2.05) is 23.6 Å². The lowest BCUT2D eigenvalue weighted by Gasteiger charge is -2.33. The largest absolute Gasteiger partial charge is 0.364 e. The number of Topliss-reactive ketones (excluding diaryl/α,β-unsaturated/α-hetero) is 1. The van der Waals surface area contributed by atoms with Crippen molar-refractivity contribution in [3.63, 3.8) is 0 Å². The van der Waals surface area contributed by atoms with Crippen molar-refractivity contribution in [2.45, 2.75) is 31.7 Å². The predicted octanol–water partition coefficient (Wildman–Crippen LogP) is 4.18. The zero-order chi connectivity index (χ0) is 18.2. The molecule has 3 aromatic heterocycles. The number of rotatable bonds is 5. The molecule has 1 aliphatic heterocycles. The first kappa shape index (κ1) is 19.1. The molecule has 3 aromatic rings. The van der Waals surface area contributed by atoms with E-state index >= 15 is 0 Å². The molecule has 2 aliphatic rings. The Morgan fingerprint density at radius 3 is 2.64 bits per heavy atom. The Kier molecular flexibility index (Phi) is 5.46. The number of aromatic nitrogens is 3. The highest BCUT2D eigenvalue weighted by molar-refractivity contribution is 7.12. The van der Waals surface area contributed by atoms with Gasteiger partial charge < -0.3 is 10.2 Å². The van der Waals surface area contributed by atoms with E-state index in [9.17, 15) is 4.79 Å². The van der Waals surface area contributed by atoms with Gasteiger partial charge in [-0.3, -0.25) is 9.78 Å². The highest BCUT2D eigenvalue weighted by Gasteiger charge is 2.30. The first-order valence-corrected chi connectivity index (χ1v) is 10.4. The minimum absolute atomic E-state index is 0. The fourth-order valence-corrected chi connectivity index (χ4v) is 4.35. The van der Waals surface area contributed by atoms with Crippen molar-refractivity contribution in [2.75, 3.05) is 23.3 Å². The summed E-state index contributed by atoms with van der Waals surface area (Å²) >= 11 is 1.54. The van der Waals surface area contributed by atoms with Gasteiger partial charge in [-0.15, -0.1) is 23.7 Å². The van der Waals surface area contributed by atoms with Crippen molar-refractivity contribution in [3.8, 4) is 0 Å². The number of nitrogens with one attached hydrogen (secondary N) is 1. The number of piperidine rings is 1. The molecule has 28 heavy (non-hydrogen) atoms. The molecule has 0 aromatic carbocycles. The van der Waals surface area contributed by atoms with E-state index in [0.29, 0.717) is 6.04 Å². The molecule has 0 amide bonds. The second-order valence-corrected chi connectivity index (χ2v) is 8.23. The molecule has 0 unspecified atom stereocenters. The number of nitrogens with zero attached hydrogens (tertiary/aromatic N) is 4. The van der Waals surface area contributed by atoms with Crippen LogP contribution in [0.4, 0.5) is 11.6 Å². The second kappa shape index (κ2) is 8.01. The van der Waals surface area contributed by atoms with Crippen LogP contribution in [0.25, 0.3) is 11.0 Å². The molecular formula is C20H22ClN5OS. The highest BCUT2D eigenvalue weighted by atomic mass is 35.5. The van der Waals surface area contributed by atoms with Crippen LogP contribution in [-0.2, 0) is 0 Å². The summed E-state index contributed by atoms with van der Waals surface area (Å²) in [6.07, 6.45) is 7.59. The maximum atomic E-state index is 12.6. The molecule has 8 heteroatoms. The molecule has 1 saturated heterocycles.